The molecule has 0 aromatic heterocycles. The van der Waals surface area contributed by atoms with Crippen molar-refractivity contribution in [3.05, 3.63) is 82.9 Å². The number of Topliss-reactive ketones (excluding diaryl/α,β-unsaturated/α-hetero) is 1. The topological polar surface area (TPSA) is 115 Å². The fourth-order valence-electron chi connectivity index (χ4n) is 4.77. The van der Waals surface area contributed by atoms with Gasteiger partial charge in [0.05, 0.1) is 44.6 Å². The van der Waals surface area contributed by atoms with Gasteiger partial charge in [-0.2, -0.15) is 0 Å². The molecule has 3 aromatic carbocycles. The number of aromatic hydroxyl groups is 1. The highest BCUT2D eigenvalue weighted by Gasteiger charge is 2.46. The van der Waals surface area contributed by atoms with Crippen LogP contribution in [-0.4, -0.2) is 60.8 Å². The maximum absolute atomic E-state index is 13.5. The fraction of sp³-hybridized carbons (Fsp3) is 0.290. The van der Waals surface area contributed by atoms with Crippen LogP contribution in [-0.2, 0) is 16.0 Å². The summed E-state index contributed by atoms with van der Waals surface area (Å²) < 4.78 is 22.0. The minimum absolute atomic E-state index is 0.0381. The lowest BCUT2D eigenvalue weighted by Gasteiger charge is -2.26. The lowest BCUT2D eigenvalue weighted by atomic mass is 9.94. The van der Waals surface area contributed by atoms with Crippen molar-refractivity contribution in [1.29, 1.82) is 0 Å². The number of amides is 1. The average Bonchev–Trinajstić information content (AvgIpc) is 3.21. The molecule has 4 rings (SSSR count). The Balaban J connectivity index is 1.78. The van der Waals surface area contributed by atoms with Gasteiger partial charge in [0.1, 0.15) is 23.0 Å². The zero-order valence-corrected chi connectivity index (χ0v) is 23.0. The molecule has 9 nitrogen and oxygen atoms in total. The van der Waals surface area contributed by atoms with E-state index in [2.05, 4.69) is 0 Å². The van der Waals surface area contributed by atoms with Crippen LogP contribution < -0.4 is 18.9 Å². The number of carbonyl (C=O) groups excluding carboxylic acids is 2. The maximum Gasteiger partial charge on any atom is 0.295 e. The number of aliphatic hydroxyl groups is 1. The molecule has 2 N–H and O–H groups in total. The van der Waals surface area contributed by atoms with E-state index in [4.69, 9.17) is 18.9 Å². The monoisotopic (exact) mass is 547 g/mol. The van der Waals surface area contributed by atoms with E-state index < -0.39 is 17.7 Å². The van der Waals surface area contributed by atoms with E-state index in [0.717, 1.165) is 5.56 Å². The molecule has 0 aliphatic carbocycles. The highest BCUT2D eigenvalue weighted by Crippen LogP contribution is 2.42. The molecule has 1 aliphatic rings. The molecule has 0 radical (unpaired) electrons. The van der Waals surface area contributed by atoms with Crippen LogP contribution in [0.25, 0.3) is 5.76 Å². The summed E-state index contributed by atoms with van der Waals surface area (Å²) in [6.07, 6.45) is 0.412. The minimum atomic E-state index is -0.887. The van der Waals surface area contributed by atoms with Gasteiger partial charge in [-0.1, -0.05) is 18.2 Å². The number of ether oxygens (including phenoxy) is 4. The van der Waals surface area contributed by atoms with Crippen molar-refractivity contribution in [3.8, 4) is 28.7 Å². The molecule has 1 unspecified atom stereocenters. The standard InChI is InChI=1S/C31H33NO8/c1-5-39-22-12-13-23(25(18-22)40-6-2)29(34)27-28(20-8-10-21(33)11-9-20)32(31(36)30(27)35)16-15-19-7-14-24(37-3)26(17-19)38-4/h7-14,17-18,28,33-34H,5-6,15-16H2,1-4H3/b29-27-. The molecule has 3 aromatic rings. The number of hydrogen-bond donors (Lipinski definition) is 2. The smallest absolute Gasteiger partial charge is 0.295 e. The number of nitrogens with zero attached hydrogens (tertiary/aromatic N) is 1. The summed E-state index contributed by atoms with van der Waals surface area (Å²) in [7, 11) is 3.10. The molecule has 1 amide bonds. The third-order valence-electron chi connectivity index (χ3n) is 6.66. The highest BCUT2D eigenvalue weighted by molar-refractivity contribution is 6.46. The van der Waals surface area contributed by atoms with E-state index >= 15 is 0 Å². The van der Waals surface area contributed by atoms with Crippen molar-refractivity contribution in [2.45, 2.75) is 26.3 Å². The van der Waals surface area contributed by atoms with Gasteiger partial charge in [0.15, 0.2) is 11.5 Å². The fourth-order valence-corrected chi connectivity index (χ4v) is 4.77. The molecule has 9 heteroatoms. The predicted molar refractivity (Wildman–Crippen MR) is 149 cm³/mol. The zero-order valence-electron chi connectivity index (χ0n) is 23.0. The number of hydrogen-bond acceptors (Lipinski definition) is 8. The van der Waals surface area contributed by atoms with Crippen molar-refractivity contribution in [1.82, 2.24) is 4.90 Å². The first-order valence-corrected chi connectivity index (χ1v) is 13.0. The minimum Gasteiger partial charge on any atom is -0.508 e. The van der Waals surface area contributed by atoms with Gasteiger partial charge in [0, 0.05) is 12.6 Å². The van der Waals surface area contributed by atoms with Gasteiger partial charge in [0.2, 0.25) is 0 Å². The van der Waals surface area contributed by atoms with Crippen molar-refractivity contribution >= 4 is 17.4 Å². The molecule has 0 spiro atoms. The largest absolute Gasteiger partial charge is 0.508 e. The van der Waals surface area contributed by atoms with Crippen LogP contribution in [0, 0.1) is 0 Å². The molecular weight excluding hydrogens is 514 g/mol. The second-order valence-corrected chi connectivity index (χ2v) is 9.05. The molecule has 0 bridgehead atoms. The van der Waals surface area contributed by atoms with Gasteiger partial charge in [-0.25, -0.2) is 0 Å². The number of phenols is 1. The number of phenolic OH excluding ortho intramolecular Hbond substituents is 1. The summed E-state index contributed by atoms with van der Waals surface area (Å²) in [4.78, 5) is 28.3. The first-order chi connectivity index (χ1) is 19.3. The Morgan fingerprint density at radius 1 is 0.850 bits per heavy atom. The van der Waals surface area contributed by atoms with Gasteiger partial charge >= 0.3 is 0 Å². The molecular formula is C31H33NO8. The lowest BCUT2D eigenvalue weighted by molar-refractivity contribution is -0.139. The summed E-state index contributed by atoms with van der Waals surface area (Å²) >= 11 is 0. The molecule has 0 saturated carbocycles. The molecule has 1 atom stereocenters. The normalized spacial score (nSPS) is 16.2. The Labute approximate surface area is 233 Å². The van der Waals surface area contributed by atoms with E-state index in [1.807, 2.05) is 19.1 Å². The van der Waals surface area contributed by atoms with Crippen LogP contribution in [0.15, 0.2) is 66.2 Å². The van der Waals surface area contributed by atoms with E-state index in [9.17, 15) is 19.8 Å². The van der Waals surface area contributed by atoms with Crippen molar-refractivity contribution in [3.63, 3.8) is 0 Å². The summed E-state index contributed by atoms with van der Waals surface area (Å²) in [6.45, 7) is 4.61. The third kappa shape index (κ3) is 5.68. The number of likely N-dealkylation sites (tertiary alicyclic amines) is 1. The Morgan fingerprint density at radius 3 is 2.20 bits per heavy atom. The molecule has 1 fully saturated rings. The lowest BCUT2D eigenvalue weighted by Crippen LogP contribution is -2.31. The maximum atomic E-state index is 13.5. The predicted octanol–water partition coefficient (Wildman–Crippen LogP) is 4.87. The summed E-state index contributed by atoms with van der Waals surface area (Å²) in [6, 6.07) is 15.7. The number of benzene rings is 3. The summed E-state index contributed by atoms with van der Waals surface area (Å²) in [5.41, 5.74) is 1.64. The number of aliphatic hydroxyl groups excluding tert-OH is 1. The number of methoxy groups -OCH3 is 2. The molecule has 210 valence electrons. The van der Waals surface area contributed by atoms with Crippen LogP contribution in [0.1, 0.15) is 36.6 Å². The van der Waals surface area contributed by atoms with Gasteiger partial charge in [-0.15, -0.1) is 0 Å². The number of ketones is 1. The Kier molecular flexibility index (Phi) is 8.83. The van der Waals surface area contributed by atoms with Crippen LogP contribution in [0.2, 0.25) is 0 Å². The van der Waals surface area contributed by atoms with Crippen LogP contribution in [0.4, 0.5) is 0 Å². The average molecular weight is 548 g/mol. The molecule has 40 heavy (non-hydrogen) atoms. The second kappa shape index (κ2) is 12.5. The van der Waals surface area contributed by atoms with Crippen LogP contribution in [0.3, 0.4) is 0 Å². The Hall–Kier alpha value is -4.66. The molecule has 1 saturated heterocycles. The summed E-state index contributed by atoms with van der Waals surface area (Å²) in [5.74, 6) is 0.156. The summed E-state index contributed by atoms with van der Waals surface area (Å²) in [5, 5.41) is 21.4. The first-order valence-electron chi connectivity index (χ1n) is 13.0. The van der Waals surface area contributed by atoms with Crippen molar-refractivity contribution < 1.29 is 38.7 Å². The second-order valence-electron chi connectivity index (χ2n) is 9.05. The van der Waals surface area contributed by atoms with Gasteiger partial charge in [-0.3, -0.25) is 9.59 Å². The van der Waals surface area contributed by atoms with Gasteiger partial charge in [0.25, 0.3) is 11.7 Å². The number of rotatable bonds is 11. The van der Waals surface area contributed by atoms with Crippen molar-refractivity contribution in [2.24, 2.45) is 0 Å². The molecule has 1 aliphatic heterocycles. The molecule has 1 heterocycles. The highest BCUT2D eigenvalue weighted by atomic mass is 16.5. The quantitative estimate of drug-likeness (QED) is 0.199. The van der Waals surface area contributed by atoms with Crippen LogP contribution >= 0.6 is 0 Å². The van der Waals surface area contributed by atoms with E-state index in [-0.39, 0.29) is 29.2 Å². The van der Waals surface area contributed by atoms with Crippen LogP contribution in [0.5, 0.6) is 28.7 Å². The van der Waals surface area contributed by atoms with Gasteiger partial charge < -0.3 is 34.1 Å². The zero-order chi connectivity index (χ0) is 28.8. The van der Waals surface area contributed by atoms with Gasteiger partial charge in [-0.05, 0) is 67.8 Å². The SMILES string of the molecule is CCOc1ccc(/C(O)=C2/C(=O)C(=O)N(CCc3ccc(OC)c(OC)c3)C2c2ccc(O)cc2)c(OCC)c1. The number of carbonyl (C=O) groups is 2. The first kappa shape index (κ1) is 28.4. The van der Waals surface area contributed by atoms with E-state index in [1.54, 1.807) is 57.5 Å². The van der Waals surface area contributed by atoms with E-state index in [1.165, 1.54) is 17.0 Å². The van der Waals surface area contributed by atoms with E-state index in [0.29, 0.717) is 48.2 Å². The Morgan fingerprint density at radius 2 is 1.55 bits per heavy atom. The Bertz CT molecular complexity index is 1410. The third-order valence-corrected chi connectivity index (χ3v) is 6.66. The van der Waals surface area contributed by atoms with Crippen molar-refractivity contribution in [2.75, 3.05) is 34.0 Å².